The Kier molecular flexibility index (Phi) is 7.52. The van der Waals surface area contributed by atoms with Crippen molar-refractivity contribution in [2.75, 3.05) is 18.2 Å². The van der Waals surface area contributed by atoms with E-state index in [9.17, 15) is 4.79 Å². The molecular formula is C24H28N4O2S. The largest absolute Gasteiger partial charge is 0.496 e. The number of nitrogens with one attached hydrogen (secondary N) is 1. The number of methoxy groups -OCH3 is 1. The lowest BCUT2D eigenvalue weighted by molar-refractivity contribution is -0.113. The molecule has 2 aromatic carbocycles. The minimum absolute atomic E-state index is 0.0757. The van der Waals surface area contributed by atoms with Crippen LogP contribution in [-0.4, -0.2) is 33.5 Å². The fraction of sp³-hybridized carbons (Fsp3) is 0.292. The van der Waals surface area contributed by atoms with Gasteiger partial charge in [-0.15, -0.1) is 16.8 Å². The molecule has 3 rings (SSSR count). The highest BCUT2D eigenvalue weighted by Gasteiger charge is 2.18. The number of ether oxygens (including phenoxy) is 1. The molecule has 0 aliphatic carbocycles. The van der Waals surface area contributed by atoms with Crippen molar-refractivity contribution in [1.29, 1.82) is 0 Å². The Morgan fingerprint density at radius 2 is 2.00 bits per heavy atom. The Morgan fingerprint density at radius 3 is 2.71 bits per heavy atom. The monoisotopic (exact) mass is 436 g/mol. The number of aromatic nitrogens is 3. The molecule has 162 valence electrons. The Hall–Kier alpha value is -3.06. The van der Waals surface area contributed by atoms with E-state index in [1.165, 1.54) is 11.8 Å². The van der Waals surface area contributed by atoms with Gasteiger partial charge in [-0.2, -0.15) is 0 Å². The Morgan fingerprint density at radius 1 is 1.23 bits per heavy atom. The van der Waals surface area contributed by atoms with Crippen molar-refractivity contribution in [2.24, 2.45) is 0 Å². The SMILES string of the molecule is C=CCn1c(SCC(=O)Nc2c(C)cccc2C(C)C)nnc1-c1ccccc1OC. The molecule has 6 nitrogen and oxygen atoms in total. The van der Waals surface area contributed by atoms with Gasteiger partial charge in [-0.3, -0.25) is 9.36 Å². The second-order valence-electron chi connectivity index (χ2n) is 7.44. The molecule has 0 fully saturated rings. The molecule has 0 aliphatic rings. The first-order valence-corrected chi connectivity index (χ1v) is 11.1. The quantitative estimate of drug-likeness (QED) is 0.364. The molecule has 1 heterocycles. The van der Waals surface area contributed by atoms with E-state index in [1.807, 2.05) is 47.9 Å². The van der Waals surface area contributed by atoms with Gasteiger partial charge in [-0.25, -0.2) is 0 Å². The van der Waals surface area contributed by atoms with Crippen molar-refractivity contribution in [3.8, 4) is 17.1 Å². The summed E-state index contributed by atoms with van der Waals surface area (Å²) >= 11 is 1.35. The minimum atomic E-state index is -0.0757. The van der Waals surface area contributed by atoms with Crippen LogP contribution in [0.25, 0.3) is 11.4 Å². The highest BCUT2D eigenvalue weighted by molar-refractivity contribution is 7.99. The van der Waals surface area contributed by atoms with Crippen molar-refractivity contribution in [2.45, 2.75) is 38.4 Å². The molecule has 1 amide bonds. The summed E-state index contributed by atoms with van der Waals surface area (Å²) in [5, 5.41) is 12.4. The van der Waals surface area contributed by atoms with Gasteiger partial charge in [0.25, 0.3) is 0 Å². The van der Waals surface area contributed by atoms with Gasteiger partial charge in [-0.05, 0) is 36.1 Å². The lowest BCUT2D eigenvalue weighted by atomic mass is 9.98. The fourth-order valence-corrected chi connectivity index (χ4v) is 4.11. The van der Waals surface area contributed by atoms with Crippen molar-refractivity contribution in [3.63, 3.8) is 0 Å². The molecule has 1 N–H and O–H groups in total. The van der Waals surface area contributed by atoms with Crippen LogP contribution >= 0.6 is 11.8 Å². The summed E-state index contributed by atoms with van der Waals surface area (Å²) in [6, 6.07) is 13.8. The van der Waals surface area contributed by atoms with E-state index in [1.54, 1.807) is 13.2 Å². The van der Waals surface area contributed by atoms with Crippen LogP contribution in [-0.2, 0) is 11.3 Å². The van der Waals surface area contributed by atoms with Gasteiger partial charge < -0.3 is 10.1 Å². The third kappa shape index (κ3) is 5.17. The van der Waals surface area contributed by atoms with Gasteiger partial charge in [0.05, 0.1) is 18.4 Å². The van der Waals surface area contributed by atoms with Crippen LogP contribution in [0.1, 0.15) is 30.9 Å². The number of carbonyl (C=O) groups is 1. The summed E-state index contributed by atoms with van der Waals surface area (Å²) in [5.41, 5.74) is 3.92. The first-order chi connectivity index (χ1) is 15.0. The van der Waals surface area contributed by atoms with Gasteiger partial charge >= 0.3 is 0 Å². The summed E-state index contributed by atoms with van der Waals surface area (Å²) in [5.74, 6) is 1.87. The number of anilines is 1. The number of rotatable bonds is 9. The van der Waals surface area contributed by atoms with E-state index in [4.69, 9.17) is 4.74 Å². The number of hydrogen-bond acceptors (Lipinski definition) is 5. The predicted octanol–water partition coefficient (Wildman–Crippen LogP) is 5.30. The van der Waals surface area contributed by atoms with Crippen LogP contribution in [0.5, 0.6) is 5.75 Å². The molecule has 0 saturated heterocycles. The highest BCUT2D eigenvalue weighted by atomic mass is 32.2. The summed E-state index contributed by atoms with van der Waals surface area (Å²) in [6.45, 7) is 10.6. The standard InChI is InChI=1S/C24H28N4O2S/c1-6-14-28-23(19-11-7-8-13-20(19)30-5)26-27-24(28)31-15-21(29)25-22-17(4)10-9-12-18(22)16(2)3/h6-13,16H,1,14-15H2,2-5H3,(H,25,29). The lowest BCUT2D eigenvalue weighted by Gasteiger charge is -2.16. The van der Waals surface area contributed by atoms with E-state index in [-0.39, 0.29) is 11.7 Å². The number of nitrogens with zero attached hydrogens (tertiary/aromatic N) is 3. The number of carbonyl (C=O) groups excluding carboxylic acids is 1. The highest BCUT2D eigenvalue weighted by Crippen LogP contribution is 2.31. The number of para-hydroxylation sites is 2. The van der Waals surface area contributed by atoms with Crippen molar-refractivity contribution in [3.05, 3.63) is 66.2 Å². The molecule has 31 heavy (non-hydrogen) atoms. The molecule has 0 saturated carbocycles. The molecule has 0 atom stereocenters. The maximum absolute atomic E-state index is 12.7. The average molecular weight is 437 g/mol. The normalized spacial score (nSPS) is 10.9. The van der Waals surface area contributed by atoms with E-state index in [0.29, 0.717) is 23.4 Å². The van der Waals surface area contributed by atoms with Gasteiger partial charge in [0.15, 0.2) is 11.0 Å². The third-order valence-corrected chi connectivity index (χ3v) is 5.87. The van der Waals surface area contributed by atoms with Crippen LogP contribution < -0.4 is 10.1 Å². The number of hydrogen-bond donors (Lipinski definition) is 1. The van der Waals surface area contributed by atoms with Crippen LogP contribution in [0.2, 0.25) is 0 Å². The Bertz CT molecular complexity index is 1080. The van der Waals surface area contributed by atoms with Crippen LogP contribution in [0.4, 0.5) is 5.69 Å². The Balaban J connectivity index is 1.79. The van der Waals surface area contributed by atoms with E-state index in [0.717, 1.165) is 28.1 Å². The topological polar surface area (TPSA) is 69.0 Å². The van der Waals surface area contributed by atoms with Gasteiger partial charge in [0, 0.05) is 12.2 Å². The van der Waals surface area contributed by atoms with E-state index in [2.05, 4.69) is 42.0 Å². The number of benzene rings is 2. The molecule has 0 bridgehead atoms. The summed E-state index contributed by atoms with van der Waals surface area (Å²) in [6.07, 6.45) is 1.79. The number of thioether (sulfide) groups is 1. The number of aryl methyl sites for hydroxylation is 1. The second-order valence-corrected chi connectivity index (χ2v) is 8.38. The van der Waals surface area contributed by atoms with Crippen LogP contribution in [0, 0.1) is 6.92 Å². The molecule has 0 aliphatic heterocycles. The molecule has 7 heteroatoms. The maximum Gasteiger partial charge on any atom is 0.234 e. The van der Waals surface area contributed by atoms with Crippen LogP contribution in [0.15, 0.2) is 60.3 Å². The van der Waals surface area contributed by atoms with Crippen LogP contribution in [0.3, 0.4) is 0 Å². The molecule has 0 radical (unpaired) electrons. The van der Waals surface area contributed by atoms with Gasteiger partial charge in [-0.1, -0.05) is 62.0 Å². The van der Waals surface area contributed by atoms with E-state index < -0.39 is 0 Å². The number of amides is 1. The Labute approximate surface area is 187 Å². The molecule has 3 aromatic rings. The van der Waals surface area contributed by atoms with Gasteiger partial charge in [0.2, 0.25) is 5.91 Å². The summed E-state index contributed by atoms with van der Waals surface area (Å²) in [7, 11) is 1.63. The smallest absolute Gasteiger partial charge is 0.234 e. The molecule has 0 unspecified atom stereocenters. The van der Waals surface area contributed by atoms with E-state index >= 15 is 0 Å². The third-order valence-electron chi connectivity index (χ3n) is 4.90. The zero-order valence-corrected chi connectivity index (χ0v) is 19.2. The first kappa shape index (κ1) is 22.6. The molecule has 1 aromatic heterocycles. The fourth-order valence-electron chi connectivity index (χ4n) is 3.37. The summed E-state index contributed by atoms with van der Waals surface area (Å²) in [4.78, 5) is 12.7. The lowest BCUT2D eigenvalue weighted by Crippen LogP contribution is -2.17. The minimum Gasteiger partial charge on any atom is -0.496 e. The predicted molar refractivity (Wildman–Crippen MR) is 127 cm³/mol. The zero-order valence-electron chi connectivity index (χ0n) is 18.4. The first-order valence-electron chi connectivity index (χ1n) is 10.2. The van der Waals surface area contributed by atoms with Crippen molar-refractivity contribution in [1.82, 2.24) is 14.8 Å². The molecular weight excluding hydrogens is 408 g/mol. The summed E-state index contributed by atoms with van der Waals surface area (Å²) < 4.78 is 7.41. The van der Waals surface area contributed by atoms with Gasteiger partial charge in [0.1, 0.15) is 5.75 Å². The van der Waals surface area contributed by atoms with Crippen molar-refractivity contribution < 1.29 is 9.53 Å². The maximum atomic E-state index is 12.7. The second kappa shape index (κ2) is 10.3. The average Bonchev–Trinajstić information content (AvgIpc) is 3.16. The van der Waals surface area contributed by atoms with Crippen molar-refractivity contribution >= 4 is 23.4 Å². The zero-order chi connectivity index (χ0) is 22.4. The number of allylic oxidation sites excluding steroid dienone is 1. The molecule has 0 spiro atoms.